The molecule has 2 aromatic heterocycles. The molecule has 2 heterocycles. The van der Waals surface area contributed by atoms with Crippen molar-refractivity contribution in [3.63, 3.8) is 0 Å². The zero-order valence-electron chi connectivity index (χ0n) is 18.6. The van der Waals surface area contributed by atoms with Crippen LogP contribution in [0.1, 0.15) is 22.7 Å². The molecule has 0 aliphatic carbocycles. The number of benzene rings is 2. The number of halogens is 1. The molecule has 0 aliphatic rings. The number of aryl methyl sites for hydroxylation is 1. The summed E-state index contributed by atoms with van der Waals surface area (Å²) in [6.45, 7) is 0.436. The lowest BCUT2D eigenvalue weighted by molar-refractivity contribution is -0.118. The lowest BCUT2D eigenvalue weighted by Crippen LogP contribution is -2.34. The molecule has 0 fully saturated rings. The molecule has 4 aromatic rings. The fourth-order valence-corrected chi connectivity index (χ4v) is 3.58. The third-order valence-electron chi connectivity index (χ3n) is 5.36. The van der Waals surface area contributed by atoms with E-state index in [0.717, 1.165) is 22.3 Å². The van der Waals surface area contributed by atoms with Gasteiger partial charge in [0.15, 0.2) is 0 Å². The van der Waals surface area contributed by atoms with Crippen molar-refractivity contribution in [3.05, 3.63) is 102 Å². The topological polar surface area (TPSA) is 95.6 Å². The van der Waals surface area contributed by atoms with Gasteiger partial charge in [-0.15, -0.1) is 0 Å². The number of carbonyl (C=O) groups excluding carboxylic acids is 1. The standard InChI is InChI=1S/C26H23FN6O/c1-33-17-22(16-31-33)21-9-10-24(30-15-21)32-26(34)25(19-5-3-2-4-6-19)29-12-11-18-7-8-20(14-28)23(27)13-18/h2-10,13,15-17,25,29H,11-12H2,1H3,(H,30,32,34)/t25-/m0/s1. The van der Waals surface area contributed by atoms with Crippen LogP contribution in [-0.2, 0) is 18.3 Å². The van der Waals surface area contributed by atoms with Crippen LogP contribution < -0.4 is 10.6 Å². The van der Waals surface area contributed by atoms with E-state index in [1.165, 1.54) is 12.1 Å². The van der Waals surface area contributed by atoms with Gasteiger partial charge in [-0.25, -0.2) is 9.37 Å². The van der Waals surface area contributed by atoms with E-state index in [4.69, 9.17) is 5.26 Å². The van der Waals surface area contributed by atoms with Gasteiger partial charge < -0.3 is 10.6 Å². The number of rotatable bonds is 8. The van der Waals surface area contributed by atoms with E-state index < -0.39 is 11.9 Å². The van der Waals surface area contributed by atoms with E-state index in [9.17, 15) is 9.18 Å². The van der Waals surface area contributed by atoms with E-state index in [0.29, 0.717) is 18.8 Å². The third kappa shape index (κ3) is 5.52. The van der Waals surface area contributed by atoms with Gasteiger partial charge in [0.2, 0.25) is 5.91 Å². The maximum absolute atomic E-state index is 13.9. The molecule has 0 unspecified atom stereocenters. The van der Waals surface area contributed by atoms with Crippen LogP contribution >= 0.6 is 0 Å². The average Bonchev–Trinajstić information content (AvgIpc) is 3.29. The predicted molar refractivity (Wildman–Crippen MR) is 127 cm³/mol. The number of anilines is 1. The van der Waals surface area contributed by atoms with Gasteiger partial charge in [0.05, 0.1) is 11.8 Å². The quantitative estimate of drug-likeness (QED) is 0.420. The molecule has 4 rings (SSSR count). The second-order valence-corrected chi connectivity index (χ2v) is 7.80. The molecule has 1 atom stereocenters. The molecule has 34 heavy (non-hydrogen) atoms. The summed E-state index contributed by atoms with van der Waals surface area (Å²) < 4.78 is 15.6. The van der Waals surface area contributed by atoms with Gasteiger partial charge >= 0.3 is 0 Å². The zero-order chi connectivity index (χ0) is 23.9. The Morgan fingerprint density at radius 3 is 2.59 bits per heavy atom. The summed E-state index contributed by atoms with van der Waals surface area (Å²) in [6.07, 6.45) is 5.84. The highest BCUT2D eigenvalue weighted by Gasteiger charge is 2.20. The molecule has 7 nitrogen and oxygen atoms in total. The molecule has 2 N–H and O–H groups in total. The molecular weight excluding hydrogens is 431 g/mol. The second-order valence-electron chi connectivity index (χ2n) is 7.80. The molecule has 0 saturated carbocycles. The Hall–Kier alpha value is -4.35. The molecule has 0 saturated heterocycles. The number of hydrogen-bond donors (Lipinski definition) is 2. The number of nitrogens with one attached hydrogen (secondary N) is 2. The number of amides is 1. The van der Waals surface area contributed by atoms with Crippen molar-refractivity contribution >= 4 is 11.7 Å². The van der Waals surface area contributed by atoms with Crippen LogP contribution in [0, 0.1) is 17.1 Å². The maximum Gasteiger partial charge on any atom is 0.247 e. The Labute approximate surface area is 196 Å². The summed E-state index contributed by atoms with van der Waals surface area (Å²) in [6, 6.07) is 18.7. The van der Waals surface area contributed by atoms with Gasteiger partial charge in [0, 0.05) is 37.1 Å². The Morgan fingerprint density at radius 2 is 1.94 bits per heavy atom. The zero-order valence-corrected chi connectivity index (χ0v) is 18.6. The van der Waals surface area contributed by atoms with E-state index in [1.54, 1.807) is 29.2 Å². The Morgan fingerprint density at radius 1 is 1.12 bits per heavy atom. The van der Waals surface area contributed by atoms with Crippen molar-refractivity contribution in [1.29, 1.82) is 5.26 Å². The number of hydrogen-bond acceptors (Lipinski definition) is 5. The monoisotopic (exact) mass is 454 g/mol. The summed E-state index contributed by atoms with van der Waals surface area (Å²) in [5, 5.41) is 19.2. The normalized spacial score (nSPS) is 11.6. The Balaban J connectivity index is 1.43. The van der Waals surface area contributed by atoms with Gasteiger partial charge in [-0.1, -0.05) is 36.4 Å². The van der Waals surface area contributed by atoms with Crippen molar-refractivity contribution < 1.29 is 9.18 Å². The number of aromatic nitrogens is 3. The summed E-state index contributed by atoms with van der Waals surface area (Å²) in [4.78, 5) is 17.5. The van der Waals surface area contributed by atoms with Crippen molar-refractivity contribution in [2.24, 2.45) is 7.05 Å². The summed E-state index contributed by atoms with van der Waals surface area (Å²) in [5.74, 6) is -0.355. The Bertz CT molecular complexity index is 1310. The average molecular weight is 455 g/mol. The van der Waals surface area contributed by atoms with Crippen LogP contribution in [0.15, 0.2) is 79.3 Å². The van der Waals surface area contributed by atoms with Crippen LogP contribution in [0.4, 0.5) is 10.2 Å². The van der Waals surface area contributed by atoms with E-state index in [1.807, 2.05) is 55.7 Å². The molecule has 2 aromatic carbocycles. The van der Waals surface area contributed by atoms with Crippen LogP contribution in [0.5, 0.6) is 0 Å². The maximum atomic E-state index is 13.9. The highest BCUT2D eigenvalue weighted by molar-refractivity contribution is 5.94. The van der Waals surface area contributed by atoms with Crippen LogP contribution in [0.2, 0.25) is 0 Å². The minimum atomic E-state index is -0.621. The fraction of sp³-hybridized carbons (Fsp3) is 0.154. The van der Waals surface area contributed by atoms with E-state index in [2.05, 4.69) is 20.7 Å². The first-order valence-electron chi connectivity index (χ1n) is 10.8. The van der Waals surface area contributed by atoms with Gasteiger partial charge in [-0.2, -0.15) is 10.4 Å². The molecule has 8 heteroatoms. The van der Waals surface area contributed by atoms with Crippen molar-refractivity contribution in [3.8, 4) is 17.2 Å². The SMILES string of the molecule is Cn1cc(-c2ccc(NC(=O)[C@@H](NCCc3ccc(C#N)c(F)c3)c3ccccc3)nc2)cn1. The van der Waals surface area contributed by atoms with Crippen LogP contribution in [0.25, 0.3) is 11.1 Å². The Kier molecular flexibility index (Phi) is 7.06. The first-order chi connectivity index (χ1) is 16.5. The molecule has 0 spiro atoms. The van der Waals surface area contributed by atoms with E-state index >= 15 is 0 Å². The van der Waals surface area contributed by atoms with Crippen molar-refractivity contribution in [2.75, 3.05) is 11.9 Å². The molecule has 0 radical (unpaired) electrons. The largest absolute Gasteiger partial charge is 0.309 e. The second kappa shape index (κ2) is 10.5. The molecular formula is C26H23FN6O. The van der Waals surface area contributed by atoms with Crippen LogP contribution in [0.3, 0.4) is 0 Å². The molecule has 170 valence electrons. The van der Waals surface area contributed by atoms with Crippen molar-refractivity contribution in [1.82, 2.24) is 20.1 Å². The molecule has 0 aliphatic heterocycles. The van der Waals surface area contributed by atoms with Gasteiger partial charge in [0.1, 0.15) is 23.7 Å². The lowest BCUT2D eigenvalue weighted by Gasteiger charge is -2.19. The first kappa shape index (κ1) is 22.8. The number of pyridine rings is 1. The predicted octanol–water partition coefficient (Wildman–Crippen LogP) is 4.00. The fourth-order valence-electron chi connectivity index (χ4n) is 3.58. The minimum Gasteiger partial charge on any atom is -0.309 e. The van der Waals surface area contributed by atoms with E-state index in [-0.39, 0.29) is 11.5 Å². The highest BCUT2D eigenvalue weighted by atomic mass is 19.1. The minimum absolute atomic E-state index is 0.0142. The number of carbonyl (C=O) groups is 1. The number of nitrogens with zero attached hydrogens (tertiary/aromatic N) is 4. The smallest absolute Gasteiger partial charge is 0.247 e. The molecule has 1 amide bonds. The van der Waals surface area contributed by atoms with Gasteiger partial charge in [0.25, 0.3) is 0 Å². The number of nitriles is 1. The summed E-state index contributed by atoms with van der Waals surface area (Å²) in [5.41, 5.74) is 3.40. The third-order valence-corrected chi connectivity index (χ3v) is 5.36. The highest BCUT2D eigenvalue weighted by Crippen LogP contribution is 2.20. The summed E-state index contributed by atoms with van der Waals surface area (Å²) >= 11 is 0. The van der Waals surface area contributed by atoms with Gasteiger partial charge in [-0.3, -0.25) is 9.48 Å². The summed E-state index contributed by atoms with van der Waals surface area (Å²) in [7, 11) is 1.85. The van der Waals surface area contributed by atoms with Crippen LogP contribution in [-0.4, -0.2) is 27.2 Å². The van der Waals surface area contributed by atoms with Crippen molar-refractivity contribution in [2.45, 2.75) is 12.5 Å². The molecule has 0 bridgehead atoms. The first-order valence-corrected chi connectivity index (χ1v) is 10.8. The lowest BCUT2D eigenvalue weighted by atomic mass is 10.0. The van der Waals surface area contributed by atoms with Gasteiger partial charge in [-0.05, 0) is 41.8 Å².